The average molecular weight is 245 g/mol. The van der Waals surface area contributed by atoms with Crippen LogP contribution in [0.4, 0.5) is 0 Å². The van der Waals surface area contributed by atoms with Gasteiger partial charge in [0.15, 0.2) is 0 Å². The summed E-state index contributed by atoms with van der Waals surface area (Å²) in [5, 5.41) is 10.6. The zero-order valence-corrected chi connectivity index (χ0v) is 10.9. The van der Waals surface area contributed by atoms with Gasteiger partial charge in [-0.25, -0.2) is 0 Å². The summed E-state index contributed by atoms with van der Waals surface area (Å²) >= 11 is 0. The van der Waals surface area contributed by atoms with E-state index in [1.807, 2.05) is 31.2 Å². The van der Waals surface area contributed by atoms with Gasteiger partial charge in [0.25, 0.3) is 0 Å². The number of nitrogens with one attached hydrogen (secondary N) is 2. The van der Waals surface area contributed by atoms with Crippen LogP contribution >= 0.6 is 0 Å². The molecule has 0 unspecified atom stereocenters. The molecule has 0 aliphatic heterocycles. The SMILES string of the molecule is CCNCc1cc(-c2ccccc2OCC)n[nH]1. The minimum atomic E-state index is 0.658. The Kier molecular flexibility index (Phi) is 4.36. The van der Waals surface area contributed by atoms with Gasteiger partial charge in [-0.2, -0.15) is 5.10 Å². The maximum absolute atomic E-state index is 5.61. The standard InChI is InChI=1S/C14H19N3O/c1-3-15-10-11-9-13(17-16-11)12-7-5-6-8-14(12)18-4-2/h5-9,15H,3-4,10H2,1-2H3,(H,16,17). The lowest BCUT2D eigenvalue weighted by Crippen LogP contribution is -2.11. The van der Waals surface area contributed by atoms with Gasteiger partial charge >= 0.3 is 0 Å². The van der Waals surface area contributed by atoms with E-state index in [2.05, 4.69) is 28.5 Å². The van der Waals surface area contributed by atoms with E-state index in [1.54, 1.807) is 0 Å². The predicted molar refractivity (Wildman–Crippen MR) is 72.6 cm³/mol. The van der Waals surface area contributed by atoms with Crippen LogP contribution in [0.15, 0.2) is 30.3 Å². The Morgan fingerprint density at radius 2 is 2.11 bits per heavy atom. The van der Waals surface area contributed by atoms with Crippen molar-refractivity contribution in [3.05, 3.63) is 36.0 Å². The van der Waals surface area contributed by atoms with Gasteiger partial charge in [0.05, 0.1) is 12.3 Å². The maximum atomic E-state index is 5.61. The zero-order chi connectivity index (χ0) is 12.8. The van der Waals surface area contributed by atoms with Gasteiger partial charge in [-0.15, -0.1) is 0 Å². The molecule has 1 aromatic heterocycles. The van der Waals surface area contributed by atoms with E-state index in [0.717, 1.165) is 35.8 Å². The molecular weight excluding hydrogens is 226 g/mol. The molecule has 2 N–H and O–H groups in total. The molecular formula is C14H19N3O. The zero-order valence-electron chi connectivity index (χ0n) is 10.9. The summed E-state index contributed by atoms with van der Waals surface area (Å²) in [4.78, 5) is 0. The fraction of sp³-hybridized carbons (Fsp3) is 0.357. The number of hydrogen-bond acceptors (Lipinski definition) is 3. The fourth-order valence-electron chi connectivity index (χ4n) is 1.81. The quantitative estimate of drug-likeness (QED) is 0.822. The van der Waals surface area contributed by atoms with Gasteiger partial charge in [0, 0.05) is 17.8 Å². The minimum absolute atomic E-state index is 0.658. The summed E-state index contributed by atoms with van der Waals surface area (Å²) in [6.45, 7) is 6.48. The third-order valence-electron chi connectivity index (χ3n) is 2.66. The van der Waals surface area contributed by atoms with Crippen LogP contribution in [0, 0.1) is 0 Å². The number of rotatable bonds is 6. The van der Waals surface area contributed by atoms with Crippen molar-refractivity contribution in [1.82, 2.24) is 15.5 Å². The van der Waals surface area contributed by atoms with Gasteiger partial charge in [0.2, 0.25) is 0 Å². The van der Waals surface area contributed by atoms with E-state index in [0.29, 0.717) is 6.61 Å². The Labute approximate surface area is 107 Å². The molecule has 4 nitrogen and oxygen atoms in total. The van der Waals surface area contributed by atoms with E-state index in [-0.39, 0.29) is 0 Å². The summed E-state index contributed by atoms with van der Waals surface area (Å²) in [5.41, 5.74) is 3.03. The van der Waals surface area contributed by atoms with E-state index in [9.17, 15) is 0 Å². The first-order chi connectivity index (χ1) is 8.85. The molecule has 0 radical (unpaired) electrons. The molecule has 2 rings (SSSR count). The molecule has 18 heavy (non-hydrogen) atoms. The Morgan fingerprint density at radius 1 is 1.28 bits per heavy atom. The minimum Gasteiger partial charge on any atom is -0.493 e. The molecule has 0 fully saturated rings. The second kappa shape index (κ2) is 6.21. The van der Waals surface area contributed by atoms with E-state index in [4.69, 9.17) is 4.74 Å². The number of aromatic amines is 1. The van der Waals surface area contributed by atoms with Crippen LogP contribution in [0.25, 0.3) is 11.3 Å². The second-order valence-corrected chi connectivity index (χ2v) is 3.99. The molecule has 0 saturated carbocycles. The number of para-hydroxylation sites is 1. The highest BCUT2D eigenvalue weighted by Gasteiger charge is 2.08. The van der Waals surface area contributed by atoms with Crippen molar-refractivity contribution in [2.24, 2.45) is 0 Å². The van der Waals surface area contributed by atoms with Gasteiger partial charge in [-0.05, 0) is 31.7 Å². The van der Waals surface area contributed by atoms with Gasteiger partial charge < -0.3 is 10.1 Å². The molecule has 0 aliphatic rings. The molecule has 0 spiro atoms. The van der Waals surface area contributed by atoms with Crippen molar-refractivity contribution in [2.75, 3.05) is 13.2 Å². The number of benzene rings is 1. The lowest BCUT2D eigenvalue weighted by Gasteiger charge is -2.07. The van der Waals surface area contributed by atoms with Crippen molar-refractivity contribution in [2.45, 2.75) is 20.4 Å². The van der Waals surface area contributed by atoms with E-state index >= 15 is 0 Å². The van der Waals surface area contributed by atoms with Crippen LogP contribution in [0.3, 0.4) is 0 Å². The summed E-state index contributed by atoms with van der Waals surface area (Å²) < 4.78 is 5.61. The van der Waals surface area contributed by atoms with E-state index in [1.165, 1.54) is 0 Å². The lowest BCUT2D eigenvalue weighted by molar-refractivity contribution is 0.341. The van der Waals surface area contributed by atoms with Crippen molar-refractivity contribution >= 4 is 0 Å². The van der Waals surface area contributed by atoms with Gasteiger partial charge in [-0.3, -0.25) is 5.10 Å². The molecule has 0 atom stereocenters. The lowest BCUT2D eigenvalue weighted by atomic mass is 10.1. The van der Waals surface area contributed by atoms with Crippen LogP contribution in [-0.4, -0.2) is 23.3 Å². The predicted octanol–water partition coefficient (Wildman–Crippen LogP) is 2.58. The molecule has 1 heterocycles. The molecule has 0 bridgehead atoms. The molecule has 96 valence electrons. The highest BCUT2D eigenvalue weighted by molar-refractivity contribution is 5.67. The molecule has 2 aromatic rings. The molecule has 0 saturated heterocycles. The topological polar surface area (TPSA) is 49.9 Å². The number of aromatic nitrogens is 2. The highest BCUT2D eigenvalue weighted by atomic mass is 16.5. The van der Waals surface area contributed by atoms with Gasteiger partial charge in [0.1, 0.15) is 5.75 Å². The van der Waals surface area contributed by atoms with Crippen LogP contribution in [0.2, 0.25) is 0 Å². The Morgan fingerprint density at radius 3 is 2.89 bits per heavy atom. The first kappa shape index (κ1) is 12.6. The van der Waals surface area contributed by atoms with Crippen molar-refractivity contribution in [3.63, 3.8) is 0 Å². The average Bonchev–Trinajstić information content (AvgIpc) is 2.86. The first-order valence-corrected chi connectivity index (χ1v) is 6.32. The van der Waals surface area contributed by atoms with Crippen molar-refractivity contribution in [3.8, 4) is 17.0 Å². The van der Waals surface area contributed by atoms with Crippen LogP contribution in [-0.2, 0) is 6.54 Å². The Bertz CT molecular complexity index is 493. The van der Waals surface area contributed by atoms with Gasteiger partial charge in [-0.1, -0.05) is 19.1 Å². The fourth-order valence-corrected chi connectivity index (χ4v) is 1.81. The number of nitrogens with zero attached hydrogens (tertiary/aromatic N) is 1. The number of hydrogen-bond donors (Lipinski definition) is 2. The van der Waals surface area contributed by atoms with Crippen LogP contribution < -0.4 is 10.1 Å². The third-order valence-corrected chi connectivity index (χ3v) is 2.66. The number of ether oxygens (including phenoxy) is 1. The first-order valence-electron chi connectivity index (χ1n) is 6.32. The summed E-state index contributed by atoms with van der Waals surface area (Å²) in [6.07, 6.45) is 0. The largest absolute Gasteiger partial charge is 0.493 e. The molecule has 4 heteroatoms. The van der Waals surface area contributed by atoms with Crippen LogP contribution in [0.1, 0.15) is 19.5 Å². The summed E-state index contributed by atoms with van der Waals surface area (Å²) in [7, 11) is 0. The summed E-state index contributed by atoms with van der Waals surface area (Å²) in [5.74, 6) is 0.876. The maximum Gasteiger partial charge on any atom is 0.128 e. The summed E-state index contributed by atoms with van der Waals surface area (Å²) in [6, 6.07) is 10.0. The highest BCUT2D eigenvalue weighted by Crippen LogP contribution is 2.28. The van der Waals surface area contributed by atoms with Crippen molar-refractivity contribution < 1.29 is 4.74 Å². The molecule has 1 aromatic carbocycles. The monoisotopic (exact) mass is 245 g/mol. The molecule has 0 amide bonds. The Hall–Kier alpha value is -1.81. The number of H-pyrrole nitrogens is 1. The molecule has 0 aliphatic carbocycles. The van der Waals surface area contributed by atoms with Crippen molar-refractivity contribution in [1.29, 1.82) is 0 Å². The smallest absolute Gasteiger partial charge is 0.128 e. The third kappa shape index (κ3) is 2.90. The van der Waals surface area contributed by atoms with E-state index < -0.39 is 0 Å². The normalized spacial score (nSPS) is 10.6. The Balaban J connectivity index is 2.22. The second-order valence-electron chi connectivity index (χ2n) is 3.99. The van der Waals surface area contributed by atoms with Crippen LogP contribution in [0.5, 0.6) is 5.75 Å².